The third-order valence-electron chi connectivity index (χ3n) is 12.7. The molecule has 1 atom stereocenters. The topological polar surface area (TPSA) is 6.48 Å². The Morgan fingerprint density at radius 1 is 0.544 bits per heavy atom. The van der Waals surface area contributed by atoms with E-state index in [2.05, 4.69) is 216 Å². The Kier molecular flexibility index (Phi) is 9.19. The number of allylic oxidation sites excluding steroid dienone is 2. The Morgan fingerprint density at radius 2 is 1.09 bits per heavy atom. The van der Waals surface area contributed by atoms with Crippen molar-refractivity contribution in [2.75, 3.05) is 9.80 Å². The third kappa shape index (κ3) is 6.79. The lowest BCUT2D eigenvalue weighted by Gasteiger charge is -2.48. The number of hydrogen-bond acceptors (Lipinski definition) is 2. The van der Waals surface area contributed by atoms with Crippen molar-refractivity contribution in [3.05, 3.63) is 143 Å². The second-order valence-electron chi connectivity index (χ2n) is 21.3. The number of hydrogen-bond donors (Lipinski definition) is 0. The van der Waals surface area contributed by atoms with E-state index in [1.165, 1.54) is 89.3 Å². The van der Waals surface area contributed by atoms with E-state index in [1.807, 2.05) is 0 Å². The number of nitrogens with zero attached hydrogens (tertiary/aromatic N) is 2. The molecule has 292 valence electrons. The van der Waals surface area contributed by atoms with Crippen LogP contribution in [-0.4, -0.2) is 12.8 Å². The fourth-order valence-corrected chi connectivity index (χ4v) is 9.34. The van der Waals surface area contributed by atoms with Crippen LogP contribution in [0.1, 0.15) is 124 Å². The number of fused-ring (bicyclic) bond motifs is 4. The molecule has 0 aromatic heterocycles. The summed E-state index contributed by atoms with van der Waals surface area (Å²) in [6, 6.07) is 36.3. The van der Waals surface area contributed by atoms with Crippen molar-refractivity contribution in [3.8, 4) is 11.1 Å². The highest BCUT2D eigenvalue weighted by atomic mass is 15.2. The quantitative estimate of drug-likeness (QED) is 0.166. The Morgan fingerprint density at radius 3 is 1.65 bits per heavy atom. The molecule has 0 bridgehead atoms. The van der Waals surface area contributed by atoms with E-state index in [0.29, 0.717) is 0 Å². The summed E-state index contributed by atoms with van der Waals surface area (Å²) in [5, 5.41) is 0. The van der Waals surface area contributed by atoms with Gasteiger partial charge in [0, 0.05) is 28.3 Å². The van der Waals surface area contributed by atoms with Gasteiger partial charge < -0.3 is 9.80 Å². The first kappa shape index (κ1) is 39.1. The summed E-state index contributed by atoms with van der Waals surface area (Å²) in [7, 11) is 0. The lowest BCUT2D eigenvalue weighted by atomic mass is 9.32. The molecule has 3 aliphatic rings. The summed E-state index contributed by atoms with van der Waals surface area (Å²) in [5.41, 5.74) is 21.3. The van der Waals surface area contributed by atoms with Gasteiger partial charge in [-0.1, -0.05) is 173 Å². The zero-order chi connectivity index (χ0) is 41.0. The Labute approximate surface area is 344 Å². The molecule has 0 N–H and O–H groups in total. The average Bonchev–Trinajstić information content (AvgIpc) is 3.13. The van der Waals surface area contributed by atoms with Crippen LogP contribution in [0.15, 0.2) is 115 Å². The lowest BCUT2D eigenvalue weighted by molar-refractivity contribution is 0.587. The van der Waals surface area contributed by atoms with Gasteiger partial charge in [-0.05, 0) is 116 Å². The van der Waals surface area contributed by atoms with E-state index in [4.69, 9.17) is 0 Å². The first-order valence-corrected chi connectivity index (χ1v) is 21.2. The Balaban J connectivity index is 1.50. The molecule has 0 spiro atoms. The molecular formula is C54H63BN2. The van der Waals surface area contributed by atoms with E-state index in [-0.39, 0.29) is 34.4 Å². The lowest BCUT2D eigenvalue weighted by Crippen LogP contribution is -2.63. The number of benzene rings is 5. The van der Waals surface area contributed by atoms with E-state index in [0.717, 1.165) is 6.42 Å². The molecule has 8 rings (SSSR count). The third-order valence-corrected chi connectivity index (χ3v) is 12.7. The van der Waals surface area contributed by atoms with Crippen LogP contribution < -0.4 is 26.2 Å². The van der Waals surface area contributed by atoms with Crippen LogP contribution in [0, 0.1) is 6.92 Å². The maximum Gasteiger partial charge on any atom is 0.252 e. The number of rotatable bonds is 3. The van der Waals surface area contributed by atoms with Crippen LogP contribution in [0.2, 0.25) is 0 Å². The molecule has 2 nitrogen and oxygen atoms in total. The van der Waals surface area contributed by atoms with E-state index < -0.39 is 0 Å². The largest absolute Gasteiger partial charge is 0.335 e. The fraction of sp³-hybridized carbons (Fsp3) is 0.370. The van der Waals surface area contributed by atoms with Crippen LogP contribution in [0.25, 0.3) is 11.1 Å². The maximum atomic E-state index is 2.73. The summed E-state index contributed by atoms with van der Waals surface area (Å²) in [5.74, 6) is 0. The second kappa shape index (κ2) is 13.4. The summed E-state index contributed by atoms with van der Waals surface area (Å²) in [4.78, 5) is 5.35. The molecule has 2 heterocycles. The summed E-state index contributed by atoms with van der Waals surface area (Å²) in [6.07, 6.45) is 8.18. The first-order chi connectivity index (χ1) is 26.6. The molecule has 57 heavy (non-hydrogen) atoms. The molecule has 1 aliphatic carbocycles. The van der Waals surface area contributed by atoms with Gasteiger partial charge in [-0.3, -0.25) is 0 Å². The minimum atomic E-state index is -0.0810. The Bertz CT molecular complexity index is 2450. The van der Waals surface area contributed by atoms with Crippen molar-refractivity contribution in [1.82, 2.24) is 0 Å². The highest BCUT2D eigenvalue weighted by Gasteiger charge is 2.47. The predicted octanol–water partition coefficient (Wildman–Crippen LogP) is 12.9. The Hall–Kier alpha value is -4.76. The van der Waals surface area contributed by atoms with Gasteiger partial charge in [-0.2, -0.15) is 0 Å². The molecule has 2 aliphatic heterocycles. The van der Waals surface area contributed by atoms with Gasteiger partial charge in [0.1, 0.15) is 0 Å². The molecule has 0 fully saturated rings. The average molecular weight is 751 g/mol. The number of aryl methyl sites for hydroxylation is 1. The minimum Gasteiger partial charge on any atom is -0.335 e. The molecule has 0 radical (unpaired) electrons. The van der Waals surface area contributed by atoms with Crippen LogP contribution in [0.4, 0.5) is 28.4 Å². The van der Waals surface area contributed by atoms with Gasteiger partial charge >= 0.3 is 0 Å². The van der Waals surface area contributed by atoms with Crippen molar-refractivity contribution < 1.29 is 0 Å². The van der Waals surface area contributed by atoms with E-state index in [1.54, 1.807) is 0 Å². The van der Waals surface area contributed by atoms with Gasteiger partial charge in [0.15, 0.2) is 0 Å². The maximum absolute atomic E-state index is 2.73. The predicted molar refractivity (Wildman–Crippen MR) is 251 cm³/mol. The normalized spacial score (nSPS) is 16.6. The molecule has 3 heteroatoms. The number of anilines is 5. The van der Waals surface area contributed by atoms with Crippen LogP contribution in [-0.2, 0) is 21.7 Å². The van der Waals surface area contributed by atoms with Crippen molar-refractivity contribution in [2.45, 2.75) is 131 Å². The van der Waals surface area contributed by atoms with Crippen LogP contribution in [0.5, 0.6) is 0 Å². The van der Waals surface area contributed by atoms with Crippen LogP contribution >= 0.6 is 0 Å². The molecule has 0 amide bonds. The molecule has 1 unspecified atom stereocenters. The fourth-order valence-electron chi connectivity index (χ4n) is 9.34. The minimum absolute atomic E-state index is 0.00603. The zero-order valence-corrected chi connectivity index (χ0v) is 37.1. The molecule has 5 aromatic carbocycles. The second-order valence-corrected chi connectivity index (χ2v) is 21.3. The van der Waals surface area contributed by atoms with Crippen molar-refractivity contribution in [1.29, 1.82) is 0 Å². The van der Waals surface area contributed by atoms with Gasteiger partial charge in [0.2, 0.25) is 0 Å². The molecule has 0 saturated heterocycles. The monoisotopic (exact) mass is 751 g/mol. The zero-order valence-electron chi connectivity index (χ0n) is 37.1. The van der Waals surface area contributed by atoms with Crippen molar-refractivity contribution >= 4 is 51.5 Å². The summed E-state index contributed by atoms with van der Waals surface area (Å²) >= 11 is 0. The highest BCUT2D eigenvalue weighted by molar-refractivity contribution is 7.00. The SMILES string of the molecule is CC1=CCC(N2c3ccc(C(C)(C)C)cc3B3c4cc(C(C)(C)C)ccc4N(c4ccc(C)cc4-c4ccc(C(C)(C)C)cc4)c4ccc(C(C)(C)C)c2c43)C=C1. The van der Waals surface area contributed by atoms with E-state index in [9.17, 15) is 0 Å². The first-order valence-electron chi connectivity index (χ1n) is 21.2. The van der Waals surface area contributed by atoms with Gasteiger partial charge in [0.25, 0.3) is 6.71 Å². The van der Waals surface area contributed by atoms with Gasteiger partial charge in [-0.25, -0.2) is 0 Å². The standard InChI is InChI=1S/C54H63BN2/c1-34-15-24-40(25-16-34)56-46-28-22-38(52(6,7)8)32-43(46)55-44-33-39(53(9,10)11)23-29-47(44)57(48-30-26-42(54(12,13)14)50(56)49(48)55)45-27-17-35(2)31-41(45)36-18-20-37(21-19-36)51(3,4)5/h15-24,26-33,40H,25H2,1-14H3. The summed E-state index contributed by atoms with van der Waals surface area (Å²) < 4.78 is 0. The molecular weight excluding hydrogens is 687 g/mol. The molecule has 5 aromatic rings. The van der Waals surface area contributed by atoms with Crippen molar-refractivity contribution in [2.24, 2.45) is 0 Å². The van der Waals surface area contributed by atoms with Crippen LogP contribution in [0.3, 0.4) is 0 Å². The van der Waals surface area contributed by atoms with E-state index >= 15 is 0 Å². The molecule has 0 saturated carbocycles. The van der Waals surface area contributed by atoms with Gasteiger partial charge in [0.05, 0.1) is 11.7 Å². The van der Waals surface area contributed by atoms with Gasteiger partial charge in [-0.15, -0.1) is 0 Å². The van der Waals surface area contributed by atoms with Crippen molar-refractivity contribution in [3.63, 3.8) is 0 Å². The smallest absolute Gasteiger partial charge is 0.252 e. The summed E-state index contributed by atoms with van der Waals surface area (Å²) in [6.45, 7) is 32.7. The highest BCUT2D eigenvalue weighted by Crippen LogP contribution is 2.49.